The Kier molecular flexibility index (Phi) is 6.93. The van der Waals surface area contributed by atoms with E-state index in [1.54, 1.807) is 0 Å². The van der Waals surface area contributed by atoms with Gasteiger partial charge in [0.25, 0.3) is 0 Å². The van der Waals surface area contributed by atoms with Crippen molar-refractivity contribution in [1.82, 2.24) is 0 Å². The molecule has 0 unspecified atom stereocenters. The van der Waals surface area contributed by atoms with Crippen LogP contribution in [0.2, 0.25) is 0 Å². The molecule has 4 aromatic rings. The molecule has 0 saturated heterocycles. The summed E-state index contributed by atoms with van der Waals surface area (Å²) >= 11 is 4.89. The molecule has 0 aliphatic carbocycles. The van der Waals surface area contributed by atoms with Gasteiger partial charge >= 0.3 is 51.4 Å². The molecule has 0 saturated carbocycles. The van der Waals surface area contributed by atoms with E-state index in [-0.39, 0.29) is 51.4 Å². The second-order valence-corrected chi connectivity index (χ2v) is 6.47. The molecule has 122 valence electrons. The molecule has 0 fully saturated rings. The molecule has 0 aromatic heterocycles. The van der Waals surface area contributed by atoms with Crippen molar-refractivity contribution in [1.29, 1.82) is 0 Å². The first-order valence-corrected chi connectivity index (χ1v) is 8.81. The molecule has 0 nitrogen and oxygen atoms in total. The third-order valence-electron chi connectivity index (χ3n) is 4.39. The molecule has 2 heteroatoms. The summed E-state index contributed by atoms with van der Waals surface area (Å²) in [7, 11) is 0. The van der Waals surface area contributed by atoms with Crippen LogP contribution in [0.15, 0.2) is 108 Å². The molecule has 0 amide bonds. The fourth-order valence-corrected chi connectivity index (χ4v) is 3.49. The molecule has 26 heavy (non-hydrogen) atoms. The van der Waals surface area contributed by atoms with Crippen molar-refractivity contribution < 1.29 is 0 Å². The zero-order valence-corrected chi connectivity index (χ0v) is 14.7. The van der Waals surface area contributed by atoms with Gasteiger partial charge in [0.1, 0.15) is 0 Å². The summed E-state index contributed by atoms with van der Waals surface area (Å²) in [5, 5.41) is 0. The Morgan fingerprint density at radius 3 is 1.15 bits per heavy atom. The van der Waals surface area contributed by atoms with Gasteiger partial charge in [-0.05, 0) is 45.5 Å². The average Bonchev–Trinajstić information content (AvgIpc) is 2.70. The summed E-state index contributed by atoms with van der Waals surface area (Å²) in [6.07, 6.45) is 0. The second-order valence-electron chi connectivity index (χ2n) is 6.02. The third kappa shape index (κ3) is 4.23. The Morgan fingerprint density at radius 1 is 0.423 bits per heavy atom. The van der Waals surface area contributed by atoms with Crippen molar-refractivity contribution >= 4 is 64.0 Å². The molecule has 0 atom stereocenters. The number of hydrogen-bond acceptors (Lipinski definition) is 1. The Balaban J connectivity index is 0.00000196. The first-order valence-electron chi connectivity index (χ1n) is 8.36. The molecule has 4 rings (SSSR count). The maximum atomic E-state index is 4.89. The molecule has 0 bridgehead atoms. The first-order chi connectivity index (χ1) is 12.3. The first kappa shape index (κ1) is 19.6. The van der Waals surface area contributed by atoms with Crippen molar-refractivity contribution in [2.45, 2.75) is 4.90 Å². The van der Waals surface area contributed by atoms with E-state index in [4.69, 9.17) is 12.6 Å². The molecule has 0 aliphatic heterocycles. The summed E-state index contributed by atoms with van der Waals surface area (Å²) in [6, 6.07) is 35.9. The van der Waals surface area contributed by atoms with Crippen LogP contribution in [0.5, 0.6) is 0 Å². The average molecular weight is 379 g/mol. The van der Waals surface area contributed by atoms with Crippen LogP contribution >= 0.6 is 12.6 Å². The van der Waals surface area contributed by atoms with Crippen LogP contribution in [0, 0.1) is 0 Å². The summed E-state index contributed by atoms with van der Waals surface area (Å²) in [5.74, 6) is 0. The predicted octanol–water partition coefficient (Wildman–Crippen LogP) is 6.33. The zero-order valence-electron chi connectivity index (χ0n) is 13.8. The number of benzene rings is 4. The molecule has 4 aromatic carbocycles. The Hall–Kier alpha value is -1.13. The predicted molar refractivity (Wildman–Crippen MR) is 117 cm³/mol. The monoisotopic (exact) mass is 378 g/mol. The Labute approximate surface area is 203 Å². The van der Waals surface area contributed by atoms with E-state index in [0.29, 0.717) is 0 Å². The minimum atomic E-state index is 0. The quantitative estimate of drug-likeness (QED) is 0.313. The molecule has 0 heterocycles. The topological polar surface area (TPSA) is 0 Å². The fraction of sp³-hybridized carbons (Fsp3) is 0. The van der Waals surface area contributed by atoms with Gasteiger partial charge in [0, 0.05) is 4.90 Å². The molecule has 0 spiro atoms. The number of rotatable bonds is 3. The van der Waals surface area contributed by atoms with Crippen LogP contribution in [0.3, 0.4) is 0 Å². The molecule has 0 radical (unpaired) electrons. The van der Waals surface area contributed by atoms with E-state index >= 15 is 0 Å². The van der Waals surface area contributed by atoms with Crippen LogP contribution in [-0.2, 0) is 0 Å². The van der Waals surface area contributed by atoms with E-state index in [0.717, 1.165) is 16.0 Å². The zero-order chi connectivity index (χ0) is 17.1. The van der Waals surface area contributed by atoms with Crippen molar-refractivity contribution in [3.8, 4) is 33.4 Å². The van der Waals surface area contributed by atoms with E-state index in [1.165, 1.54) is 22.3 Å². The van der Waals surface area contributed by atoms with Crippen molar-refractivity contribution in [2.75, 3.05) is 0 Å². The van der Waals surface area contributed by atoms with Crippen LogP contribution in [-0.4, -0.2) is 51.4 Å². The summed E-state index contributed by atoms with van der Waals surface area (Å²) in [4.78, 5) is 1.01. The third-order valence-corrected chi connectivity index (χ3v) is 4.87. The van der Waals surface area contributed by atoms with Gasteiger partial charge in [-0.3, -0.25) is 0 Å². The van der Waals surface area contributed by atoms with Gasteiger partial charge < -0.3 is 0 Å². The molecular weight excluding hydrogens is 359 g/mol. The Morgan fingerprint density at radius 2 is 0.769 bits per heavy atom. The van der Waals surface area contributed by atoms with Crippen LogP contribution in [0.4, 0.5) is 0 Å². The fourth-order valence-electron chi connectivity index (χ4n) is 3.11. The van der Waals surface area contributed by atoms with Crippen LogP contribution < -0.4 is 0 Å². The minimum absolute atomic E-state index is 0. The SMILES string of the molecule is Sc1c(-c2ccccc2)cc(-c2ccccc2)cc1-c1ccccc1.[KH]. The molecular formula is C24H19KS. The molecule has 0 aliphatic rings. The number of hydrogen-bond donors (Lipinski definition) is 1. The van der Waals surface area contributed by atoms with Crippen molar-refractivity contribution in [3.05, 3.63) is 103 Å². The second kappa shape index (κ2) is 9.18. The van der Waals surface area contributed by atoms with Gasteiger partial charge in [-0.25, -0.2) is 0 Å². The standard InChI is InChI=1S/C24H18S.K.H/c25-24-22(19-12-6-2-7-13-19)16-21(18-10-4-1-5-11-18)17-23(24)20-14-8-3-9-15-20;;/h1-17,25H;;. The summed E-state index contributed by atoms with van der Waals surface area (Å²) < 4.78 is 0. The van der Waals surface area contributed by atoms with Crippen molar-refractivity contribution in [2.24, 2.45) is 0 Å². The van der Waals surface area contributed by atoms with Gasteiger partial charge in [0.05, 0.1) is 0 Å². The van der Waals surface area contributed by atoms with Crippen molar-refractivity contribution in [3.63, 3.8) is 0 Å². The van der Waals surface area contributed by atoms with E-state index in [1.807, 2.05) is 18.2 Å². The maximum absolute atomic E-state index is 4.89. The van der Waals surface area contributed by atoms with E-state index in [9.17, 15) is 0 Å². The van der Waals surface area contributed by atoms with Gasteiger partial charge in [0.15, 0.2) is 0 Å². The normalized spacial score (nSPS) is 10.2. The van der Waals surface area contributed by atoms with Gasteiger partial charge in [-0.2, -0.15) is 0 Å². The molecule has 0 N–H and O–H groups in total. The van der Waals surface area contributed by atoms with Crippen LogP contribution in [0.25, 0.3) is 33.4 Å². The number of thiol groups is 1. The van der Waals surface area contributed by atoms with Crippen LogP contribution in [0.1, 0.15) is 0 Å². The van der Waals surface area contributed by atoms with Gasteiger partial charge in [0.2, 0.25) is 0 Å². The Bertz CT molecular complexity index is 920. The van der Waals surface area contributed by atoms with E-state index in [2.05, 4.69) is 84.9 Å². The summed E-state index contributed by atoms with van der Waals surface area (Å²) in [5.41, 5.74) is 7.10. The summed E-state index contributed by atoms with van der Waals surface area (Å²) in [6.45, 7) is 0. The van der Waals surface area contributed by atoms with E-state index < -0.39 is 0 Å². The van der Waals surface area contributed by atoms with Gasteiger partial charge in [-0.1, -0.05) is 91.0 Å². The van der Waals surface area contributed by atoms with Gasteiger partial charge in [-0.15, -0.1) is 12.6 Å².